The van der Waals surface area contributed by atoms with Crippen molar-refractivity contribution in [3.63, 3.8) is 0 Å². The molecule has 1 N–H and O–H groups in total. The van der Waals surface area contributed by atoms with Gasteiger partial charge >= 0.3 is 0 Å². The largest absolute Gasteiger partial charge is 0.392 e. The number of unbranched alkanes of at least 4 members (excludes halogenated alkanes) is 2. The third-order valence-corrected chi connectivity index (χ3v) is 2.96. The van der Waals surface area contributed by atoms with E-state index in [2.05, 4.69) is 13.0 Å². The first-order valence-electron chi connectivity index (χ1n) is 5.64. The van der Waals surface area contributed by atoms with Crippen LogP contribution in [0.25, 0.3) is 0 Å². The van der Waals surface area contributed by atoms with Crippen LogP contribution in [0.2, 0.25) is 0 Å². The van der Waals surface area contributed by atoms with Crippen LogP contribution in [0.15, 0.2) is 12.2 Å². The van der Waals surface area contributed by atoms with Crippen LogP contribution in [-0.2, 0) is 0 Å². The molecule has 0 aromatic rings. The van der Waals surface area contributed by atoms with Gasteiger partial charge in [0.2, 0.25) is 0 Å². The van der Waals surface area contributed by atoms with E-state index in [9.17, 15) is 0 Å². The Morgan fingerprint density at radius 1 is 1.23 bits per heavy atom. The Labute approximate surface area is 81.9 Å². The monoisotopic (exact) mass is 182 g/mol. The van der Waals surface area contributed by atoms with E-state index in [1.54, 1.807) is 0 Å². The standard InChI is InChI=1S/C12H22O/c1-2-3-4-7-11-10-12(11)8-5-6-9-13/h5-6,11-13H,2-4,7-10H2,1H3/t11?,12-/m1/s1. The summed E-state index contributed by atoms with van der Waals surface area (Å²) in [6.45, 7) is 2.46. The van der Waals surface area contributed by atoms with Gasteiger partial charge in [0, 0.05) is 0 Å². The highest BCUT2D eigenvalue weighted by atomic mass is 16.2. The molecule has 1 nitrogen and oxygen atoms in total. The third-order valence-electron chi connectivity index (χ3n) is 2.96. The molecule has 0 heterocycles. The maximum atomic E-state index is 8.55. The highest BCUT2D eigenvalue weighted by Gasteiger charge is 2.34. The van der Waals surface area contributed by atoms with E-state index in [-0.39, 0.29) is 6.61 Å². The van der Waals surface area contributed by atoms with Crippen LogP contribution in [0.4, 0.5) is 0 Å². The highest BCUT2D eigenvalue weighted by molar-refractivity contribution is 4.93. The van der Waals surface area contributed by atoms with Crippen LogP contribution in [0, 0.1) is 11.8 Å². The summed E-state index contributed by atoms with van der Waals surface area (Å²) >= 11 is 0. The molecule has 1 saturated carbocycles. The Morgan fingerprint density at radius 2 is 2.08 bits per heavy atom. The van der Waals surface area contributed by atoms with Crippen molar-refractivity contribution in [3.05, 3.63) is 12.2 Å². The number of aliphatic hydroxyl groups excluding tert-OH is 1. The molecule has 0 aromatic heterocycles. The Bertz CT molecular complexity index is 151. The maximum absolute atomic E-state index is 8.55. The van der Waals surface area contributed by atoms with E-state index in [1.165, 1.54) is 38.5 Å². The lowest BCUT2D eigenvalue weighted by molar-refractivity contribution is 0.342. The minimum Gasteiger partial charge on any atom is -0.392 e. The molecule has 1 aliphatic rings. The highest BCUT2D eigenvalue weighted by Crippen LogP contribution is 2.44. The molecule has 13 heavy (non-hydrogen) atoms. The minimum atomic E-state index is 0.202. The summed E-state index contributed by atoms with van der Waals surface area (Å²) in [5, 5.41) is 8.55. The average molecular weight is 182 g/mol. The molecule has 0 radical (unpaired) electrons. The predicted molar refractivity (Wildman–Crippen MR) is 56.6 cm³/mol. The predicted octanol–water partition coefficient (Wildman–Crippen LogP) is 3.14. The van der Waals surface area contributed by atoms with Gasteiger partial charge in [-0.05, 0) is 24.7 Å². The van der Waals surface area contributed by atoms with Gasteiger partial charge in [-0.25, -0.2) is 0 Å². The van der Waals surface area contributed by atoms with E-state index in [1.807, 2.05) is 6.08 Å². The van der Waals surface area contributed by atoms with Crippen molar-refractivity contribution in [1.29, 1.82) is 0 Å². The Morgan fingerprint density at radius 3 is 2.77 bits per heavy atom. The number of hydrogen-bond acceptors (Lipinski definition) is 1. The van der Waals surface area contributed by atoms with Crippen LogP contribution in [0.3, 0.4) is 0 Å². The number of allylic oxidation sites excluding steroid dienone is 1. The average Bonchev–Trinajstić information content (AvgIpc) is 2.85. The topological polar surface area (TPSA) is 20.2 Å². The Balaban J connectivity index is 1.93. The van der Waals surface area contributed by atoms with E-state index in [4.69, 9.17) is 5.11 Å². The summed E-state index contributed by atoms with van der Waals surface area (Å²) in [6, 6.07) is 0. The van der Waals surface area contributed by atoms with Gasteiger partial charge in [-0.1, -0.05) is 44.8 Å². The zero-order valence-electron chi connectivity index (χ0n) is 8.71. The molecule has 0 aliphatic heterocycles. The summed E-state index contributed by atoms with van der Waals surface area (Å²) in [5.74, 6) is 1.95. The van der Waals surface area contributed by atoms with Crippen molar-refractivity contribution >= 4 is 0 Å². The molecule has 2 atom stereocenters. The molecule has 1 heteroatoms. The second-order valence-corrected chi connectivity index (χ2v) is 4.14. The zero-order valence-corrected chi connectivity index (χ0v) is 8.71. The molecule has 0 spiro atoms. The van der Waals surface area contributed by atoms with Crippen LogP contribution >= 0.6 is 0 Å². The number of hydrogen-bond donors (Lipinski definition) is 1. The van der Waals surface area contributed by atoms with Gasteiger partial charge in [0.1, 0.15) is 0 Å². The normalized spacial score (nSPS) is 26.9. The zero-order chi connectivity index (χ0) is 9.52. The van der Waals surface area contributed by atoms with Crippen molar-refractivity contribution in [2.24, 2.45) is 11.8 Å². The van der Waals surface area contributed by atoms with E-state index >= 15 is 0 Å². The van der Waals surface area contributed by atoms with Crippen molar-refractivity contribution in [1.82, 2.24) is 0 Å². The van der Waals surface area contributed by atoms with Gasteiger partial charge in [-0.15, -0.1) is 0 Å². The maximum Gasteiger partial charge on any atom is 0.0612 e. The molecule has 1 aliphatic carbocycles. The first-order chi connectivity index (χ1) is 6.38. The Kier molecular flexibility index (Phi) is 5.14. The number of rotatable bonds is 7. The third kappa shape index (κ3) is 4.47. The summed E-state index contributed by atoms with van der Waals surface area (Å²) in [4.78, 5) is 0. The summed E-state index contributed by atoms with van der Waals surface area (Å²) in [6.07, 6.45) is 12.2. The first kappa shape index (κ1) is 10.8. The Hall–Kier alpha value is -0.300. The SMILES string of the molecule is CCCCCC1C[C@H]1CC=CCO. The van der Waals surface area contributed by atoms with Gasteiger partial charge in [0.05, 0.1) is 6.61 Å². The minimum absolute atomic E-state index is 0.202. The second-order valence-electron chi connectivity index (χ2n) is 4.14. The van der Waals surface area contributed by atoms with Gasteiger partial charge in [0.15, 0.2) is 0 Å². The quantitative estimate of drug-likeness (QED) is 0.473. The van der Waals surface area contributed by atoms with E-state index in [0.717, 1.165) is 11.8 Å². The van der Waals surface area contributed by atoms with Gasteiger partial charge < -0.3 is 5.11 Å². The van der Waals surface area contributed by atoms with Crippen molar-refractivity contribution < 1.29 is 5.11 Å². The van der Waals surface area contributed by atoms with Gasteiger partial charge in [-0.3, -0.25) is 0 Å². The lowest BCUT2D eigenvalue weighted by atomic mass is 10.1. The smallest absolute Gasteiger partial charge is 0.0612 e. The fraction of sp³-hybridized carbons (Fsp3) is 0.833. The summed E-state index contributed by atoms with van der Waals surface area (Å²) in [7, 11) is 0. The molecule has 1 rings (SSSR count). The van der Waals surface area contributed by atoms with E-state index < -0.39 is 0 Å². The fourth-order valence-corrected chi connectivity index (χ4v) is 1.95. The van der Waals surface area contributed by atoms with Crippen LogP contribution in [-0.4, -0.2) is 11.7 Å². The number of aliphatic hydroxyl groups is 1. The summed E-state index contributed by atoms with van der Waals surface area (Å²) in [5.41, 5.74) is 0. The molecule has 0 aromatic carbocycles. The lowest BCUT2D eigenvalue weighted by Crippen LogP contribution is -1.83. The lowest BCUT2D eigenvalue weighted by Gasteiger charge is -1.96. The molecular weight excluding hydrogens is 160 g/mol. The molecule has 0 amide bonds. The van der Waals surface area contributed by atoms with Crippen molar-refractivity contribution in [3.8, 4) is 0 Å². The molecule has 0 saturated heterocycles. The molecule has 1 fully saturated rings. The molecule has 76 valence electrons. The van der Waals surface area contributed by atoms with Crippen LogP contribution < -0.4 is 0 Å². The van der Waals surface area contributed by atoms with Crippen molar-refractivity contribution in [2.75, 3.05) is 6.61 Å². The van der Waals surface area contributed by atoms with Crippen LogP contribution in [0.1, 0.15) is 45.4 Å². The van der Waals surface area contributed by atoms with E-state index in [0.29, 0.717) is 0 Å². The van der Waals surface area contributed by atoms with Gasteiger partial charge in [-0.2, -0.15) is 0 Å². The van der Waals surface area contributed by atoms with Crippen LogP contribution in [0.5, 0.6) is 0 Å². The molecule has 1 unspecified atom stereocenters. The first-order valence-corrected chi connectivity index (χ1v) is 5.64. The molecule has 0 bridgehead atoms. The second kappa shape index (κ2) is 6.20. The fourth-order valence-electron chi connectivity index (χ4n) is 1.95. The van der Waals surface area contributed by atoms with Gasteiger partial charge in [0.25, 0.3) is 0 Å². The molecular formula is C12H22O. The summed E-state index contributed by atoms with van der Waals surface area (Å²) < 4.78 is 0. The van der Waals surface area contributed by atoms with Crippen molar-refractivity contribution in [2.45, 2.75) is 45.4 Å².